The SMILES string of the molecule is Cc1oc(C(=O)O)cc1S(=O)(=O)N[C@@H](C)c1ccccn1. The third-order valence-electron chi connectivity index (χ3n) is 2.84. The molecule has 0 radical (unpaired) electrons. The van der Waals surface area contributed by atoms with Gasteiger partial charge in [-0.2, -0.15) is 0 Å². The van der Waals surface area contributed by atoms with Gasteiger partial charge in [0.25, 0.3) is 0 Å². The lowest BCUT2D eigenvalue weighted by atomic mass is 10.2. The molecule has 2 N–H and O–H groups in total. The molecule has 7 nitrogen and oxygen atoms in total. The lowest BCUT2D eigenvalue weighted by molar-refractivity contribution is 0.0661. The van der Waals surface area contributed by atoms with Gasteiger partial charge in [-0.15, -0.1) is 0 Å². The minimum atomic E-state index is -3.90. The minimum absolute atomic E-state index is 0.0214. The first-order valence-electron chi connectivity index (χ1n) is 6.08. The lowest BCUT2D eigenvalue weighted by Gasteiger charge is -2.13. The van der Waals surface area contributed by atoms with Crippen molar-refractivity contribution in [1.82, 2.24) is 9.71 Å². The van der Waals surface area contributed by atoms with Gasteiger partial charge < -0.3 is 9.52 Å². The van der Waals surface area contributed by atoms with E-state index in [1.54, 1.807) is 31.3 Å². The molecular weight excluding hydrogens is 296 g/mol. The lowest BCUT2D eigenvalue weighted by Crippen LogP contribution is -2.27. The van der Waals surface area contributed by atoms with E-state index in [1.807, 2.05) is 0 Å². The van der Waals surface area contributed by atoms with E-state index in [0.717, 1.165) is 6.07 Å². The van der Waals surface area contributed by atoms with Crippen LogP contribution in [0, 0.1) is 6.92 Å². The fourth-order valence-corrected chi connectivity index (χ4v) is 3.22. The van der Waals surface area contributed by atoms with Crippen molar-refractivity contribution in [2.45, 2.75) is 24.8 Å². The number of hydrogen-bond acceptors (Lipinski definition) is 5. The molecule has 0 bridgehead atoms. The van der Waals surface area contributed by atoms with E-state index in [2.05, 4.69) is 9.71 Å². The molecule has 1 atom stereocenters. The van der Waals surface area contributed by atoms with E-state index in [1.165, 1.54) is 6.92 Å². The highest BCUT2D eigenvalue weighted by Gasteiger charge is 2.25. The van der Waals surface area contributed by atoms with Crippen molar-refractivity contribution in [3.63, 3.8) is 0 Å². The zero-order valence-electron chi connectivity index (χ0n) is 11.4. The van der Waals surface area contributed by atoms with Gasteiger partial charge in [-0.3, -0.25) is 4.98 Å². The van der Waals surface area contributed by atoms with Gasteiger partial charge in [-0.1, -0.05) is 6.07 Å². The van der Waals surface area contributed by atoms with Gasteiger partial charge in [0.2, 0.25) is 15.8 Å². The molecule has 0 fully saturated rings. The standard InChI is InChI=1S/C13H14N2O5S/c1-8(10-5-3-4-6-14-10)15-21(18,19)12-7-11(13(16)17)20-9(12)2/h3-8,15H,1-2H3,(H,16,17)/t8-/m0/s1. The average molecular weight is 310 g/mol. The number of carboxylic acid groups (broad SMARTS) is 1. The molecule has 2 aromatic heterocycles. The molecule has 0 aliphatic carbocycles. The summed E-state index contributed by atoms with van der Waals surface area (Å²) >= 11 is 0. The molecule has 0 aliphatic heterocycles. The van der Waals surface area contributed by atoms with Crippen LogP contribution in [0.3, 0.4) is 0 Å². The summed E-state index contributed by atoms with van der Waals surface area (Å²) in [5, 5.41) is 8.83. The Balaban J connectivity index is 2.29. The van der Waals surface area contributed by atoms with Gasteiger partial charge in [-0.25, -0.2) is 17.9 Å². The normalized spacial score (nSPS) is 13.0. The van der Waals surface area contributed by atoms with Gasteiger partial charge in [0.1, 0.15) is 10.7 Å². The number of aryl methyl sites for hydroxylation is 1. The molecule has 2 rings (SSSR count). The number of sulfonamides is 1. The number of pyridine rings is 1. The molecule has 0 aliphatic rings. The number of furan rings is 1. The van der Waals surface area contributed by atoms with Crippen molar-refractivity contribution in [3.8, 4) is 0 Å². The van der Waals surface area contributed by atoms with Crippen LogP contribution < -0.4 is 4.72 Å². The van der Waals surface area contributed by atoms with Crippen molar-refractivity contribution < 1.29 is 22.7 Å². The molecule has 112 valence electrons. The summed E-state index contributed by atoms with van der Waals surface area (Å²) in [6.07, 6.45) is 1.56. The predicted octanol–water partition coefficient (Wildman–Crippen LogP) is 1.72. The van der Waals surface area contributed by atoms with Crippen LogP contribution in [0.2, 0.25) is 0 Å². The second-order valence-electron chi connectivity index (χ2n) is 4.43. The van der Waals surface area contributed by atoms with Crippen LogP contribution in [-0.2, 0) is 10.0 Å². The molecule has 2 aromatic rings. The smallest absolute Gasteiger partial charge is 0.371 e. The summed E-state index contributed by atoms with van der Waals surface area (Å²) in [5.74, 6) is -1.72. The Labute approximate surface area is 121 Å². The first-order chi connectivity index (χ1) is 9.81. The Kier molecular flexibility index (Phi) is 4.10. The third-order valence-corrected chi connectivity index (χ3v) is 4.48. The first-order valence-corrected chi connectivity index (χ1v) is 7.56. The number of aromatic nitrogens is 1. The van der Waals surface area contributed by atoms with E-state index < -0.39 is 27.8 Å². The van der Waals surface area contributed by atoms with Crippen LogP contribution in [0.5, 0.6) is 0 Å². The number of carboxylic acids is 1. The van der Waals surface area contributed by atoms with Crippen LogP contribution >= 0.6 is 0 Å². The number of hydrogen-bond donors (Lipinski definition) is 2. The molecular formula is C13H14N2O5S. The maximum atomic E-state index is 12.3. The van der Waals surface area contributed by atoms with E-state index in [0.29, 0.717) is 5.69 Å². The molecule has 0 saturated carbocycles. The molecule has 0 amide bonds. The Morgan fingerprint density at radius 2 is 2.14 bits per heavy atom. The molecule has 8 heteroatoms. The number of nitrogens with one attached hydrogen (secondary N) is 1. The molecule has 0 saturated heterocycles. The fourth-order valence-electron chi connectivity index (χ4n) is 1.83. The van der Waals surface area contributed by atoms with Gasteiger partial charge >= 0.3 is 5.97 Å². The van der Waals surface area contributed by atoms with Gasteiger partial charge in [-0.05, 0) is 26.0 Å². The van der Waals surface area contributed by atoms with E-state index in [-0.39, 0.29) is 10.7 Å². The van der Waals surface area contributed by atoms with Crippen molar-refractivity contribution in [3.05, 3.63) is 47.7 Å². The van der Waals surface area contributed by atoms with Gasteiger partial charge in [0.15, 0.2) is 0 Å². The zero-order chi connectivity index (χ0) is 15.6. The largest absolute Gasteiger partial charge is 0.475 e. The predicted molar refractivity (Wildman–Crippen MR) is 73.4 cm³/mol. The zero-order valence-corrected chi connectivity index (χ0v) is 12.2. The summed E-state index contributed by atoms with van der Waals surface area (Å²) in [6.45, 7) is 3.04. The van der Waals surface area contributed by atoms with E-state index >= 15 is 0 Å². The molecule has 0 spiro atoms. The van der Waals surface area contributed by atoms with Crippen LogP contribution in [0.4, 0.5) is 0 Å². The average Bonchev–Trinajstić information content (AvgIpc) is 2.82. The second kappa shape index (κ2) is 5.66. The van der Waals surface area contributed by atoms with Crippen LogP contribution in [-0.4, -0.2) is 24.5 Å². The number of rotatable bonds is 5. The summed E-state index contributed by atoms with van der Waals surface area (Å²) in [6, 6.07) is 5.60. The van der Waals surface area contributed by atoms with Crippen molar-refractivity contribution >= 4 is 16.0 Å². The van der Waals surface area contributed by atoms with Crippen molar-refractivity contribution in [1.29, 1.82) is 0 Å². The first kappa shape index (κ1) is 15.2. The van der Waals surface area contributed by atoms with Gasteiger partial charge in [0.05, 0.1) is 11.7 Å². The maximum absolute atomic E-state index is 12.3. The second-order valence-corrected chi connectivity index (χ2v) is 6.12. The topological polar surface area (TPSA) is 109 Å². The summed E-state index contributed by atoms with van der Waals surface area (Å²) in [5.41, 5.74) is 0.556. The van der Waals surface area contributed by atoms with Crippen molar-refractivity contribution in [2.24, 2.45) is 0 Å². The van der Waals surface area contributed by atoms with E-state index in [4.69, 9.17) is 9.52 Å². The molecule has 0 aromatic carbocycles. The number of carbonyl (C=O) groups is 1. The molecule has 2 heterocycles. The maximum Gasteiger partial charge on any atom is 0.371 e. The van der Waals surface area contributed by atoms with Gasteiger partial charge in [0, 0.05) is 12.3 Å². The number of nitrogens with zero attached hydrogens (tertiary/aromatic N) is 1. The Bertz CT molecular complexity index is 752. The summed E-state index contributed by atoms with van der Waals surface area (Å²) in [4.78, 5) is 14.7. The Hall–Kier alpha value is -2.19. The third kappa shape index (κ3) is 3.29. The van der Waals surface area contributed by atoms with Crippen LogP contribution in [0.1, 0.15) is 35.0 Å². The monoisotopic (exact) mass is 310 g/mol. The fraction of sp³-hybridized carbons (Fsp3) is 0.231. The Morgan fingerprint density at radius 3 is 2.67 bits per heavy atom. The summed E-state index contributed by atoms with van der Waals surface area (Å²) < 4.78 is 31.9. The van der Waals surface area contributed by atoms with Crippen molar-refractivity contribution in [2.75, 3.05) is 0 Å². The van der Waals surface area contributed by atoms with Crippen LogP contribution in [0.15, 0.2) is 39.8 Å². The van der Waals surface area contributed by atoms with Crippen LogP contribution in [0.25, 0.3) is 0 Å². The highest BCUT2D eigenvalue weighted by atomic mass is 32.2. The minimum Gasteiger partial charge on any atom is -0.475 e. The summed E-state index contributed by atoms with van der Waals surface area (Å²) in [7, 11) is -3.90. The highest BCUT2D eigenvalue weighted by molar-refractivity contribution is 7.89. The molecule has 21 heavy (non-hydrogen) atoms. The number of aromatic carboxylic acids is 1. The highest BCUT2D eigenvalue weighted by Crippen LogP contribution is 2.22. The quantitative estimate of drug-likeness (QED) is 0.870. The molecule has 0 unspecified atom stereocenters. The Morgan fingerprint density at radius 1 is 1.43 bits per heavy atom. The van der Waals surface area contributed by atoms with E-state index in [9.17, 15) is 13.2 Å².